The van der Waals surface area contributed by atoms with E-state index in [2.05, 4.69) is 15.6 Å². The van der Waals surface area contributed by atoms with Crippen LogP contribution in [0, 0.1) is 23.0 Å². The number of pyridine rings is 1. The van der Waals surface area contributed by atoms with Crippen LogP contribution < -0.4 is 10.6 Å². The van der Waals surface area contributed by atoms with E-state index in [1.54, 1.807) is 24.3 Å². The first-order valence-electron chi connectivity index (χ1n) is 7.55. The summed E-state index contributed by atoms with van der Waals surface area (Å²) in [6.07, 6.45) is 1.39. The Morgan fingerprint density at radius 2 is 1.92 bits per heavy atom. The van der Waals surface area contributed by atoms with E-state index in [-0.39, 0.29) is 17.1 Å². The first-order chi connectivity index (χ1) is 12.5. The molecule has 0 spiro atoms. The molecule has 0 aliphatic carbocycles. The molecule has 0 unspecified atom stereocenters. The lowest BCUT2D eigenvalue weighted by molar-refractivity contribution is 0.102. The molecule has 3 rings (SSSR count). The monoisotopic (exact) mass is 350 g/mol. The number of hydrogen-bond donors (Lipinski definition) is 2. The zero-order valence-electron chi connectivity index (χ0n) is 13.3. The second kappa shape index (κ2) is 7.40. The van der Waals surface area contributed by atoms with Gasteiger partial charge in [0.25, 0.3) is 5.91 Å². The quantitative estimate of drug-likeness (QED) is 0.738. The summed E-state index contributed by atoms with van der Waals surface area (Å²) in [6, 6.07) is 14.5. The van der Waals surface area contributed by atoms with Crippen LogP contribution in [-0.4, -0.2) is 10.9 Å². The van der Waals surface area contributed by atoms with E-state index >= 15 is 0 Å². The molecule has 0 aliphatic heterocycles. The molecule has 0 bridgehead atoms. The lowest BCUT2D eigenvalue weighted by Crippen LogP contribution is -2.12. The van der Waals surface area contributed by atoms with E-state index in [0.29, 0.717) is 11.3 Å². The number of nitrogens with one attached hydrogen (secondary N) is 2. The second-order valence-electron chi connectivity index (χ2n) is 5.33. The van der Waals surface area contributed by atoms with Gasteiger partial charge in [-0.1, -0.05) is 6.07 Å². The van der Waals surface area contributed by atoms with Crippen LogP contribution in [0.1, 0.15) is 15.9 Å². The number of halogens is 2. The highest BCUT2D eigenvalue weighted by atomic mass is 19.1. The Bertz CT molecular complexity index is 1010. The zero-order valence-corrected chi connectivity index (χ0v) is 13.3. The molecule has 2 N–H and O–H groups in total. The van der Waals surface area contributed by atoms with E-state index in [0.717, 1.165) is 12.1 Å². The topological polar surface area (TPSA) is 77.8 Å². The molecule has 1 heterocycles. The molecule has 2 aromatic carbocycles. The Kier molecular flexibility index (Phi) is 4.85. The van der Waals surface area contributed by atoms with Gasteiger partial charge in [-0.25, -0.2) is 13.8 Å². The summed E-state index contributed by atoms with van der Waals surface area (Å²) in [6.45, 7) is 0. The third kappa shape index (κ3) is 3.99. The van der Waals surface area contributed by atoms with E-state index in [4.69, 9.17) is 5.26 Å². The van der Waals surface area contributed by atoms with Crippen molar-refractivity contribution in [1.29, 1.82) is 5.26 Å². The molecule has 128 valence electrons. The van der Waals surface area contributed by atoms with Gasteiger partial charge in [0.15, 0.2) is 0 Å². The summed E-state index contributed by atoms with van der Waals surface area (Å²) in [5, 5.41) is 14.3. The van der Waals surface area contributed by atoms with Crippen molar-refractivity contribution in [1.82, 2.24) is 4.98 Å². The predicted molar refractivity (Wildman–Crippen MR) is 93.0 cm³/mol. The third-order valence-corrected chi connectivity index (χ3v) is 3.47. The number of carbonyl (C=O) groups excluding carboxylic acids is 1. The van der Waals surface area contributed by atoms with Crippen molar-refractivity contribution in [2.24, 2.45) is 0 Å². The molecule has 0 aliphatic rings. The van der Waals surface area contributed by atoms with Gasteiger partial charge in [-0.2, -0.15) is 5.26 Å². The van der Waals surface area contributed by atoms with Crippen LogP contribution in [0.15, 0.2) is 60.8 Å². The number of nitriles is 1. The molecule has 26 heavy (non-hydrogen) atoms. The third-order valence-electron chi connectivity index (χ3n) is 3.47. The first kappa shape index (κ1) is 17.0. The summed E-state index contributed by atoms with van der Waals surface area (Å²) in [5.41, 5.74) is 1.22. The fourth-order valence-corrected chi connectivity index (χ4v) is 2.24. The molecule has 1 amide bonds. The number of carbonyl (C=O) groups is 1. The highest BCUT2D eigenvalue weighted by molar-refractivity contribution is 6.04. The normalized spacial score (nSPS) is 10.0. The average Bonchev–Trinajstić information content (AvgIpc) is 2.64. The van der Waals surface area contributed by atoms with Crippen LogP contribution in [0.3, 0.4) is 0 Å². The van der Waals surface area contributed by atoms with Crippen LogP contribution in [0.25, 0.3) is 0 Å². The molecule has 0 atom stereocenters. The van der Waals surface area contributed by atoms with Crippen molar-refractivity contribution in [3.8, 4) is 6.07 Å². The van der Waals surface area contributed by atoms with Crippen molar-refractivity contribution < 1.29 is 13.6 Å². The van der Waals surface area contributed by atoms with Gasteiger partial charge >= 0.3 is 0 Å². The van der Waals surface area contributed by atoms with Crippen molar-refractivity contribution >= 4 is 23.1 Å². The molecule has 1 aromatic heterocycles. The van der Waals surface area contributed by atoms with Crippen molar-refractivity contribution in [3.05, 3.63) is 83.6 Å². The van der Waals surface area contributed by atoms with Gasteiger partial charge in [0.05, 0.1) is 17.3 Å². The van der Waals surface area contributed by atoms with Gasteiger partial charge in [0.2, 0.25) is 0 Å². The molecule has 0 radical (unpaired) electrons. The molecular weight excluding hydrogens is 338 g/mol. The molecule has 5 nitrogen and oxygen atoms in total. The maximum absolute atomic E-state index is 13.7. The Hall–Kier alpha value is -3.79. The number of hydrogen-bond acceptors (Lipinski definition) is 4. The smallest absolute Gasteiger partial charge is 0.255 e. The summed E-state index contributed by atoms with van der Waals surface area (Å²) in [7, 11) is 0. The van der Waals surface area contributed by atoms with Crippen LogP contribution in [-0.2, 0) is 0 Å². The summed E-state index contributed by atoms with van der Waals surface area (Å²) in [5.74, 6) is -1.64. The maximum Gasteiger partial charge on any atom is 0.255 e. The van der Waals surface area contributed by atoms with Crippen molar-refractivity contribution in [3.63, 3.8) is 0 Å². The largest absolute Gasteiger partial charge is 0.338 e. The number of aromatic nitrogens is 1. The van der Waals surface area contributed by atoms with Gasteiger partial charge in [0.1, 0.15) is 17.5 Å². The standard InChI is InChI=1S/C19H12F2N4O/c20-14-4-5-17(16(21)10-14)25-18-9-13(6-7-23-18)19(26)24-15-3-1-2-12(8-15)11-22/h1-10H,(H,23,25)(H,24,26). The minimum Gasteiger partial charge on any atom is -0.338 e. The van der Waals surface area contributed by atoms with Crippen LogP contribution in [0.2, 0.25) is 0 Å². The Labute approximate surface area is 147 Å². The van der Waals surface area contributed by atoms with E-state index in [1.165, 1.54) is 24.4 Å². The number of rotatable bonds is 4. The molecule has 7 heteroatoms. The van der Waals surface area contributed by atoms with Gasteiger partial charge in [0, 0.05) is 23.5 Å². The van der Waals surface area contributed by atoms with E-state index in [1.807, 2.05) is 6.07 Å². The first-order valence-corrected chi connectivity index (χ1v) is 7.55. The van der Waals surface area contributed by atoms with Crippen LogP contribution in [0.4, 0.5) is 26.0 Å². The van der Waals surface area contributed by atoms with E-state index < -0.39 is 17.5 Å². The molecular formula is C19H12F2N4O. The second-order valence-corrected chi connectivity index (χ2v) is 5.33. The Morgan fingerprint density at radius 3 is 2.69 bits per heavy atom. The number of benzene rings is 2. The lowest BCUT2D eigenvalue weighted by Gasteiger charge is -2.09. The van der Waals surface area contributed by atoms with Crippen LogP contribution in [0.5, 0.6) is 0 Å². The summed E-state index contributed by atoms with van der Waals surface area (Å²) >= 11 is 0. The number of amides is 1. The Morgan fingerprint density at radius 1 is 1.08 bits per heavy atom. The molecule has 0 saturated carbocycles. The highest BCUT2D eigenvalue weighted by Gasteiger charge is 2.10. The zero-order chi connectivity index (χ0) is 18.5. The highest BCUT2D eigenvalue weighted by Crippen LogP contribution is 2.20. The van der Waals surface area contributed by atoms with Crippen molar-refractivity contribution in [2.75, 3.05) is 10.6 Å². The maximum atomic E-state index is 13.7. The predicted octanol–water partition coefficient (Wildman–Crippen LogP) is 4.23. The SMILES string of the molecule is N#Cc1cccc(NC(=O)c2ccnc(Nc3ccc(F)cc3F)c2)c1. The number of nitrogens with zero attached hydrogens (tertiary/aromatic N) is 2. The minimum atomic E-state index is -0.769. The van der Waals surface area contributed by atoms with Gasteiger partial charge in [-0.3, -0.25) is 4.79 Å². The minimum absolute atomic E-state index is 0.0400. The fourth-order valence-electron chi connectivity index (χ4n) is 2.24. The molecule has 0 saturated heterocycles. The lowest BCUT2D eigenvalue weighted by atomic mass is 10.2. The van der Waals surface area contributed by atoms with Crippen LogP contribution >= 0.6 is 0 Å². The van der Waals surface area contributed by atoms with Crippen molar-refractivity contribution in [2.45, 2.75) is 0 Å². The summed E-state index contributed by atoms with van der Waals surface area (Å²) in [4.78, 5) is 16.4. The van der Waals surface area contributed by atoms with Gasteiger partial charge < -0.3 is 10.6 Å². The average molecular weight is 350 g/mol. The molecule has 3 aromatic rings. The molecule has 0 fully saturated rings. The van der Waals surface area contributed by atoms with E-state index in [9.17, 15) is 13.6 Å². The fraction of sp³-hybridized carbons (Fsp3) is 0. The van der Waals surface area contributed by atoms with Gasteiger partial charge in [-0.15, -0.1) is 0 Å². The van der Waals surface area contributed by atoms with Gasteiger partial charge in [-0.05, 0) is 42.5 Å². The number of anilines is 3. The Balaban J connectivity index is 1.78. The summed E-state index contributed by atoms with van der Waals surface area (Å²) < 4.78 is 26.7.